The standard InChI is InChI=1S/C12H14N4O2/c1-9-6-13-11(15-2-4-18-5-3-15)12-14-10(8-17)7-16(9)12/h6-8H,2-5H2,1H3. The van der Waals surface area contributed by atoms with Crippen LogP contribution in [0.2, 0.25) is 0 Å². The molecule has 0 spiro atoms. The summed E-state index contributed by atoms with van der Waals surface area (Å²) in [4.78, 5) is 21.7. The van der Waals surface area contributed by atoms with Crippen molar-refractivity contribution in [2.24, 2.45) is 0 Å². The first-order valence-electron chi connectivity index (χ1n) is 5.92. The molecular formula is C12H14N4O2. The lowest BCUT2D eigenvalue weighted by molar-refractivity contribution is 0.111. The summed E-state index contributed by atoms with van der Waals surface area (Å²) in [7, 11) is 0. The number of ether oxygens (including phenoxy) is 1. The van der Waals surface area contributed by atoms with E-state index in [4.69, 9.17) is 4.74 Å². The normalized spacial score (nSPS) is 16.2. The third-order valence-corrected chi connectivity index (χ3v) is 3.11. The van der Waals surface area contributed by atoms with Gasteiger partial charge in [0.15, 0.2) is 17.8 Å². The molecule has 2 aromatic heterocycles. The maximum Gasteiger partial charge on any atom is 0.181 e. The van der Waals surface area contributed by atoms with Crippen molar-refractivity contribution in [1.29, 1.82) is 0 Å². The number of aromatic nitrogens is 3. The lowest BCUT2D eigenvalue weighted by atomic mass is 10.4. The van der Waals surface area contributed by atoms with Crippen LogP contribution in [-0.2, 0) is 4.74 Å². The van der Waals surface area contributed by atoms with E-state index >= 15 is 0 Å². The zero-order valence-electron chi connectivity index (χ0n) is 10.2. The van der Waals surface area contributed by atoms with Gasteiger partial charge >= 0.3 is 0 Å². The summed E-state index contributed by atoms with van der Waals surface area (Å²) in [5, 5.41) is 0. The summed E-state index contributed by atoms with van der Waals surface area (Å²) in [6, 6.07) is 0. The van der Waals surface area contributed by atoms with Gasteiger partial charge in [-0.15, -0.1) is 0 Å². The van der Waals surface area contributed by atoms with E-state index in [9.17, 15) is 4.79 Å². The second-order valence-electron chi connectivity index (χ2n) is 4.30. The van der Waals surface area contributed by atoms with Crippen molar-refractivity contribution >= 4 is 17.8 Å². The van der Waals surface area contributed by atoms with Gasteiger partial charge in [0.05, 0.1) is 13.2 Å². The molecule has 0 aliphatic carbocycles. The molecule has 0 atom stereocenters. The van der Waals surface area contributed by atoms with Crippen LogP contribution in [0.5, 0.6) is 0 Å². The van der Waals surface area contributed by atoms with Crippen molar-refractivity contribution in [3.8, 4) is 0 Å². The van der Waals surface area contributed by atoms with Gasteiger partial charge < -0.3 is 9.64 Å². The smallest absolute Gasteiger partial charge is 0.181 e. The number of imidazole rings is 1. The number of carbonyl (C=O) groups excluding carboxylic acids is 1. The van der Waals surface area contributed by atoms with Crippen molar-refractivity contribution in [2.75, 3.05) is 31.2 Å². The van der Waals surface area contributed by atoms with E-state index in [-0.39, 0.29) is 0 Å². The van der Waals surface area contributed by atoms with Gasteiger partial charge in [-0.1, -0.05) is 0 Å². The highest BCUT2D eigenvalue weighted by molar-refractivity contribution is 5.76. The number of anilines is 1. The first-order valence-corrected chi connectivity index (χ1v) is 5.92. The molecule has 18 heavy (non-hydrogen) atoms. The number of fused-ring (bicyclic) bond motifs is 1. The van der Waals surface area contributed by atoms with Gasteiger partial charge in [0.1, 0.15) is 5.69 Å². The lowest BCUT2D eigenvalue weighted by Crippen LogP contribution is -2.37. The second kappa shape index (κ2) is 4.38. The molecule has 3 rings (SSSR count). The van der Waals surface area contributed by atoms with Crippen molar-refractivity contribution in [3.05, 3.63) is 23.8 Å². The zero-order valence-corrected chi connectivity index (χ0v) is 10.2. The average molecular weight is 246 g/mol. The van der Waals surface area contributed by atoms with E-state index in [2.05, 4.69) is 14.9 Å². The number of aryl methyl sites for hydroxylation is 1. The van der Waals surface area contributed by atoms with Crippen LogP contribution in [-0.4, -0.2) is 47.0 Å². The molecule has 0 saturated carbocycles. The van der Waals surface area contributed by atoms with E-state index in [0.717, 1.165) is 36.5 Å². The Hall–Kier alpha value is -1.95. The van der Waals surface area contributed by atoms with Gasteiger partial charge in [-0.2, -0.15) is 0 Å². The summed E-state index contributed by atoms with van der Waals surface area (Å²) in [5.74, 6) is 0.817. The van der Waals surface area contributed by atoms with Crippen LogP contribution in [0, 0.1) is 6.92 Å². The molecule has 0 amide bonds. The minimum Gasteiger partial charge on any atom is -0.378 e. The predicted molar refractivity (Wildman–Crippen MR) is 66.1 cm³/mol. The maximum atomic E-state index is 10.8. The summed E-state index contributed by atoms with van der Waals surface area (Å²) >= 11 is 0. The molecule has 0 bridgehead atoms. The van der Waals surface area contributed by atoms with E-state index in [1.807, 2.05) is 11.3 Å². The molecule has 6 heteroatoms. The SMILES string of the molecule is Cc1cnc(N2CCOCC2)c2nc(C=O)cn12. The molecule has 1 aliphatic rings. The van der Waals surface area contributed by atoms with Gasteiger partial charge in [0, 0.05) is 31.2 Å². The quantitative estimate of drug-likeness (QED) is 0.729. The van der Waals surface area contributed by atoms with Gasteiger partial charge in [-0.3, -0.25) is 9.20 Å². The fraction of sp³-hybridized carbons (Fsp3) is 0.417. The van der Waals surface area contributed by atoms with E-state index in [1.165, 1.54) is 0 Å². The number of carbonyl (C=O) groups is 1. The first-order chi connectivity index (χ1) is 8.79. The van der Waals surface area contributed by atoms with E-state index in [1.54, 1.807) is 12.4 Å². The zero-order chi connectivity index (χ0) is 12.5. The number of rotatable bonds is 2. The summed E-state index contributed by atoms with van der Waals surface area (Å²) < 4.78 is 7.23. The largest absolute Gasteiger partial charge is 0.378 e. The Bertz CT molecular complexity index is 587. The Balaban J connectivity index is 2.13. The molecule has 0 radical (unpaired) electrons. The van der Waals surface area contributed by atoms with Gasteiger partial charge in [-0.05, 0) is 6.92 Å². The fourth-order valence-corrected chi connectivity index (χ4v) is 2.15. The van der Waals surface area contributed by atoms with Gasteiger partial charge in [0.2, 0.25) is 0 Å². The van der Waals surface area contributed by atoms with Crippen LogP contribution < -0.4 is 4.90 Å². The van der Waals surface area contributed by atoms with Crippen LogP contribution in [0.25, 0.3) is 5.65 Å². The third kappa shape index (κ3) is 1.74. The molecule has 0 aromatic carbocycles. The number of hydrogen-bond acceptors (Lipinski definition) is 5. The van der Waals surface area contributed by atoms with Crippen LogP contribution in [0.4, 0.5) is 5.82 Å². The molecule has 3 heterocycles. The second-order valence-corrected chi connectivity index (χ2v) is 4.30. The fourth-order valence-electron chi connectivity index (χ4n) is 2.15. The number of nitrogens with zero attached hydrogens (tertiary/aromatic N) is 4. The van der Waals surface area contributed by atoms with Crippen LogP contribution in [0.3, 0.4) is 0 Å². The highest BCUT2D eigenvalue weighted by Crippen LogP contribution is 2.20. The Morgan fingerprint density at radius 3 is 2.89 bits per heavy atom. The highest BCUT2D eigenvalue weighted by Gasteiger charge is 2.18. The van der Waals surface area contributed by atoms with Crippen molar-refractivity contribution in [2.45, 2.75) is 6.92 Å². The first kappa shape index (κ1) is 11.2. The van der Waals surface area contributed by atoms with Crippen LogP contribution in [0.1, 0.15) is 16.2 Å². The highest BCUT2D eigenvalue weighted by atomic mass is 16.5. The minimum absolute atomic E-state index is 0.431. The molecule has 0 N–H and O–H groups in total. The molecule has 94 valence electrons. The summed E-state index contributed by atoms with van der Waals surface area (Å²) in [6.45, 7) is 4.94. The Labute approximate surface area is 104 Å². The summed E-state index contributed by atoms with van der Waals surface area (Å²) in [6.07, 6.45) is 4.30. The molecule has 2 aromatic rings. The van der Waals surface area contributed by atoms with E-state index in [0.29, 0.717) is 18.9 Å². The lowest BCUT2D eigenvalue weighted by Gasteiger charge is -2.27. The number of morpholine rings is 1. The number of hydrogen-bond donors (Lipinski definition) is 0. The molecule has 1 aliphatic heterocycles. The molecule has 6 nitrogen and oxygen atoms in total. The summed E-state index contributed by atoms with van der Waals surface area (Å²) in [5.41, 5.74) is 2.13. The third-order valence-electron chi connectivity index (χ3n) is 3.11. The Morgan fingerprint density at radius 1 is 1.39 bits per heavy atom. The maximum absolute atomic E-state index is 10.8. The molecular weight excluding hydrogens is 232 g/mol. The average Bonchev–Trinajstić information content (AvgIpc) is 2.85. The Kier molecular flexibility index (Phi) is 2.71. The number of aldehydes is 1. The minimum atomic E-state index is 0.431. The van der Waals surface area contributed by atoms with Gasteiger partial charge in [0.25, 0.3) is 0 Å². The van der Waals surface area contributed by atoms with Crippen molar-refractivity contribution < 1.29 is 9.53 Å². The van der Waals surface area contributed by atoms with Crippen LogP contribution in [0.15, 0.2) is 12.4 Å². The monoisotopic (exact) mass is 246 g/mol. The molecule has 1 fully saturated rings. The van der Waals surface area contributed by atoms with Crippen molar-refractivity contribution in [1.82, 2.24) is 14.4 Å². The van der Waals surface area contributed by atoms with Gasteiger partial charge in [-0.25, -0.2) is 9.97 Å². The van der Waals surface area contributed by atoms with E-state index < -0.39 is 0 Å². The van der Waals surface area contributed by atoms with Crippen molar-refractivity contribution in [3.63, 3.8) is 0 Å². The topological polar surface area (TPSA) is 59.7 Å². The molecule has 1 saturated heterocycles. The Morgan fingerprint density at radius 2 is 2.17 bits per heavy atom. The van der Waals surface area contributed by atoms with Crippen LogP contribution >= 0.6 is 0 Å². The molecule has 0 unspecified atom stereocenters. The predicted octanol–water partition coefficient (Wildman–Crippen LogP) is 0.687.